The van der Waals surface area contributed by atoms with Gasteiger partial charge in [0.1, 0.15) is 11.8 Å². The first-order valence-corrected chi connectivity index (χ1v) is 7.05. The minimum absolute atomic E-state index is 0.0599. The van der Waals surface area contributed by atoms with Gasteiger partial charge in [0, 0.05) is 25.2 Å². The van der Waals surface area contributed by atoms with E-state index < -0.39 is 18.5 Å². The lowest BCUT2D eigenvalue weighted by molar-refractivity contribution is -0.140. The predicted octanol–water partition coefficient (Wildman–Crippen LogP) is 2.86. The molecule has 126 valence electrons. The number of fused-ring (bicyclic) bond motifs is 1. The number of carboxylic acids is 1. The molecular formula is C16H15F2N3O3. The summed E-state index contributed by atoms with van der Waals surface area (Å²) in [4.78, 5) is 16.8. The van der Waals surface area contributed by atoms with E-state index in [1.165, 1.54) is 24.4 Å². The van der Waals surface area contributed by atoms with Crippen molar-refractivity contribution in [1.82, 2.24) is 4.98 Å². The molecular weight excluding hydrogens is 320 g/mol. The molecule has 24 heavy (non-hydrogen) atoms. The maximum Gasteiger partial charge on any atom is 0.387 e. The molecule has 0 bridgehead atoms. The maximum absolute atomic E-state index is 12.4. The van der Waals surface area contributed by atoms with Crippen molar-refractivity contribution in [2.24, 2.45) is 5.92 Å². The Kier molecular flexibility index (Phi) is 5.14. The van der Waals surface area contributed by atoms with Gasteiger partial charge >= 0.3 is 12.6 Å². The molecule has 0 amide bonds. The molecule has 6 nitrogen and oxygen atoms in total. The van der Waals surface area contributed by atoms with Crippen LogP contribution in [-0.2, 0) is 4.79 Å². The normalized spacial score (nSPS) is 12.0. The zero-order chi connectivity index (χ0) is 17.9. The Labute approximate surface area is 136 Å². The van der Waals surface area contributed by atoms with Crippen LogP contribution in [0, 0.1) is 17.2 Å². The molecule has 0 aliphatic heterocycles. The van der Waals surface area contributed by atoms with E-state index in [9.17, 15) is 18.8 Å². The highest BCUT2D eigenvalue weighted by Crippen LogP contribution is 2.32. The highest BCUT2D eigenvalue weighted by atomic mass is 19.3. The molecule has 1 N–H and O–H groups in total. The van der Waals surface area contributed by atoms with Gasteiger partial charge in [-0.1, -0.05) is 6.92 Å². The Morgan fingerprint density at radius 3 is 2.79 bits per heavy atom. The number of ether oxygens (including phenoxy) is 1. The van der Waals surface area contributed by atoms with E-state index in [4.69, 9.17) is 5.11 Å². The highest BCUT2D eigenvalue weighted by molar-refractivity contribution is 5.95. The number of nitrogens with zero attached hydrogens (tertiary/aromatic N) is 3. The first kappa shape index (κ1) is 17.4. The third-order valence-electron chi connectivity index (χ3n) is 3.51. The summed E-state index contributed by atoms with van der Waals surface area (Å²) in [7, 11) is 1.63. The van der Waals surface area contributed by atoms with Gasteiger partial charge in [-0.05, 0) is 18.2 Å². The van der Waals surface area contributed by atoms with Crippen molar-refractivity contribution in [1.29, 1.82) is 5.26 Å². The number of carbonyl (C=O) groups is 1. The van der Waals surface area contributed by atoms with Crippen molar-refractivity contribution in [2.75, 3.05) is 18.5 Å². The number of benzene rings is 1. The second-order valence-electron chi connectivity index (χ2n) is 5.31. The van der Waals surface area contributed by atoms with Crippen molar-refractivity contribution < 1.29 is 23.4 Å². The van der Waals surface area contributed by atoms with Crippen LogP contribution in [0.4, 0.5) is 14.5 Å². The van der Waals surface area contributed by atoms with Crippen LogP contribution in [-0.4, -0.2) is 36.3 Å². The van der Waals surface area contributed by atoms with E-state index in [0.29, 0.717) is 16.6 Å². The number of alkyl halides is 2. The average molecular weight is 335 g/mol. The van der Waals surface area contributed by atoms with Gasteiger partial charge in [0.15, 0.2) is 0 Å². The van der Waals surface area contributed by atoms with Crippen molar-refractivity contribution in [2.45, 2.75) is 13.5 Å². The summed E-state index contributed by atoms with van der Waals surface area (Å²) in [6.07, 6.45) is 1.37. The lowest BCUT2D eigenvalue weighted by Gasteiger charge is -2.24. The fourth-order valence-electron chi connectivity index (χ4n) is 2.41. The lowest BCUT2D eigenvalue weighted by Crippen LogP contribution is -2.29. The predicted molar refractivity (Wildman–Crippen MR) is 83.2 cm³/mol. The number of aromatic nitrogens is 1. The Hall–Kier alpha value is -2.95. The molecule has 1 aromatic heterocycles. The summed E-state index contributed by atoms with van der Waals surface area (Å²) in [5.41, 5.74) is 1.13. The van der Waals surface area contributed by atoms with Gasteiger partial charge in [0.25, 0.3) is 0 Å². The Morgan fingerprint density at radius 1 is 1.50 bits per heavy atom. The van der Waals surface area contributed by atoms with Crippen LogP contribution < -0.4 is 9.64 Å². The van der Waals surface area contributed by atoms with Gasteiger partial charge in [-0.2, -0.15) is 14.0 Å². The third-order valence-corrected chi connectivity index (χ3v) is 3.51. The SMILES string of the molecule is CC(CN(C)c1c(C#N)cnc2ccc(OC(F)F)cc12)C(=O)O. The number of pyridine rings is 1. The molecule has 0 saturated carbocycles. The minimum atomic E-state index is -2.97. The number of hydrogen-bond acceptors (Lipinski definition) is 5. The average Bonchev–Trinajstić information content (AvgIpc) is 2.52. The minimum Gasteiger partial charge on any atom is -0.481 e. The lowest BCUT2D eigenvalue weighted by atomic mass is 10.1. The molecule has 0 saturated heterocycles. The number of halogens is 2. The first-order valence-electron chi connectivity index (χ1n) is 7.05. The van der Waals surface area contributed by atoms with Crippen LogP contribution in [0.3, 0.4) is 0 Å². The van der Waals surface area contributed by atoms with Crippen LogP contribution in [0.25, 0.3) is 10.9 Å². The summed E-state index contributed by atoms with van der Waals surface area (Å²) in [5, 5.41) is 18.8. The first-order chi connectivity index (χ1) is 11.3. The monoisotopic (exact) mass is 335 g/mol. The Balaban J connectivity index is 2.55. The van der Waals surface area contributed by atoms with E-state index in [1.807, 2.05) is 6.07 Å². The Bertz CT molecular complexity index is 805. The van der Waals surface area contributed by atoms with Crippen molar-refractivity contribution in [3.63, 3.8) is 0 Å². The smallest absolute Gasteiger partial charge is 0.387 e. The van der Waals surface area contributed by atoms with Gasteiger partial charge in [-0.25, -0.2) is 0 Å². The van der Waals surface area contributed by atoms with Gasteiger partial charge in [0.05, 0.1) is 22.7 Å². The molecule has 2 aromatic rings. The van der Waals surface area contributed by atoms with E-state index >= 15 is 0 Å². The molecule has 0 aliphatic carbocycles. The van der Waals surface area contributed by atoms with Crippen LogP contribution in [0.15, 0.2) is 24.4 Å². The van der Waals surface area contributed by atoms with Crippen molar-refractivity contribution >= 4 is 22.6 Å². The van der Waals surface area contributed by atoms with Crippen LogP contribution >= 0.6 is 0 Å². The quantitative estimate of drug-likeness (QED) is 0.873. The van der Waals surface area contributed by atoms with Gasteiger partial charge in [-0.15, -0.1) is 0 Å². The highest BCUT2D eigenvalue weighted by Gasteiger charge is 2.19. The summed E-state index contributed by atoms with van der Waals surface area (Å²) in [6, 6.07) is 6.22. The summed E-state index contributed by atoms with van der Waals surface area (Å²) in [5.74, 6) is -1.71. The molecule has 1 aromatic carbocycles. The van der Waals surface area contributed by atoms with Crippen LogP contribution in [0.2, 0.25) is 0 Å². The maximum atomic E-state index is 12.4. The molecule has 1 unspecified atom stereocenters. The van der Waals surface area contributed by atoms with Gasteiger partial charge in [-0.3, -0.25) is 9.78 Å². The standard InChI is InChI=1S/C16H15F2N3O3/c1-9(15(22)23)8-21(2)14-10(6-19)7-20-13-4-3-11(5-12(13)14)24-16(17)18/h3-5,7,9,16H,8H2,1-2H3,(H,22,23). The van der Waals surface area contributed by atoms with Crippen LogP contribution in [0.5, 0.6) is 5.75 Å². The molecule has 2 rings (SSSR count). The second-order valence-corrected chi connectivity index (χ2v) is 5.31. The molecule has 1 atom stereocenters. The van der Waals surface area contributed by atoms with Gasteiger partial charge in [0.2, 0.25) is 0 Å². The number of nitriles is 1. The number of aliphatic carboxylic acids is 1. The molecule has 0 fully saturated rings. The molecule has 8 heteroatoms. The largest absolute Gasteiger partial charge is 0.481 e. The van der Waals surface area contributed by atoms with Crippen molar-refractivity contribution in [3.8, 4) is 11.8 Å². The zero-order valence-corrected chi connectivity index (χ0v) is 13.0. The fraction of sp³-hybridized carbons (Fsp3) is 0.312. The Morgan fingerprint density at radius 2 is 2.21 bits per heavy atom. The number of hydrogen-bond donors (Lipinski definition) is 1. The number of anilines is 1. The molecule has 0 radical (unpaired) electrons. The molecule has 0 aliphatic rings. The van der Waals surface area contributed by atoms with E-state index in [0.717, 1.165) is 0 Å². The van der Waals surface area contributed by atoms with E-state index in [2.05, 4.69) is 9.72 Å². The van der Waals surface area contributed by atoms with E-state index in [1.54, 1.807) is 18.9 Å². The molecule has 1 heterocycles. The van der Waals surface area contributed by atoms with E-state index in [-0.39, 0.29) is 17.9 Å². The summed E-state index contributed by atoms with van der Waals surface area (Å²) >= 11 is 0. The third kappa shape index (κ3) is 3.68. The number of rotatable bonds is 6. The fourth-order valence-corrected chi connectivity index (χ4v) is 2.41. The van der Waals surface area contributed by atoms with Crippen molar-refractivity contribution in [3.05, 3.63) is 30.0 Å². The number of carboxylic acid groups (broad SMARTS) is 1. The van der Waals surface area contributed by atoms with Gasteiger partial charge < -0.3 is 14.7 Å². The van der Waals surface area contributed by atoms with Crippen LogP contribution in [0.1, 0.15) is 12.5 Å². The summed E-state index contributed by atoms with van der Waals surface area (Å²) in [6.45, 7) is -1.29. The summed E-state index contributed by atoms with van der Waals surface area (Å²) < 4.78 is 29.2. The second kappa shape index (κ2) is 7.08. The zero-order valence-electron chi connectivity index (χ0n) is 13.0. The topological polar surface area (TPSA) is 86.5 Å². The molecule has 0 spiro atoms.